The Balaban J connectivity index is 2.30. The maximum absolute atomic E-state index is 11.2. The molecule has 0 bridgehead atoms. The molecule has 0 unspecified atom stereocenters. The number of nitrogens with zero attached hydrogens (tertiary/aromatic N) is 3. The minimum atomic E-state index is -0.625. The van der Waals surface area contributed by atoms with Gasteiger partial charge in [0.25, 0.3) is 0 Å². The molecular weight excluding hydrogens is 182 g/mol. The minimum absolute atomic E-state index is 0.174. The van der Waals surface area contributed by atoms with E-state index in [1.165, 1.54) is 4.68 Å². The van der Waals surface area contributed by atoms with Gasteiger partial charge in [-0.05, 0) is 19.8 Å². The van der Waals surface area contributed by atoms with Crippen molar-refractivity contribution in [2.24, 2.45) is 11.5 Å². The number of hydrogen-bond donors (Lipinski definition) is 2. The SMILES string of the molecule is C[C@H](N)c1cn(C2(C(N)=O)CC2)nn1. The minimum Gasteiger partial charge on any atom is -0.368 e. The van der Waals surface area contributed by atoms with E-state index < -0.39 is 5.54 Å². The number of primary amides is 1. The van der Waals surface area contributed by atoms with Crippen LogP contribution in [0.25, 0.3) is 0 Å². The topological polar surface area (TPSA) is 99.8 Å². The van der Waals surface area contributed by atoms with Gasteiger partial charge in [0, 0.05) is 6.04 Å². The summed E-state index contributed by atoms with van der Waals surface area (Å²) in [6, 6.07) is -0.174. The summed E-state index contributed by atoms with van der Waals surface area (Å²) in [5.41, 5.74) is 11.0. The Morgan fingerprint density at radius 3 is 2.71 bits per heavy atom. The summed E-state index contributed by atoms with van der Waals surface area (Å²) >= 11 is 0. The predicted octanol–water partition coefficient (Wildman–Crippen LogP) is -0.728. The lowest BCUT2D eigenvalue weighted by molar-refractivity contribution is -0.122. The molecule has 0 spiro atoms. The van der Waals surface area contributed by atoms with Crippen molar-refractivity contribution in [1.82, 2.24) is 15.0 Å². The molecule has 14 heavy (non-hydrogen) atoms. The number of carbonyl (C=O) groups is 1. The second-order valence-electron chi connectivity index (χ2n) is 3.77. The van der Waals surface area contributed by atoms with Crippen LogP contribution >= 0.6 is 0 Å². The van der Waals surface area contributed by atoms with E-state index in [1.807, 2.05) is 6.92 Å². The zero-order chi connectivity index (χ0) is 10.3. The Hall–Kier alpha value is -1.43. The van der Waals surface area contributed by atoms with Gasteiger partial charge in [0.2, 0.25) is 5.91 Å². The molecule has 2 rings (SSSR count). The molecule has 1 aliphatic rings. The summed E-state index contributed by atoms with van der Waals surface area (Å²) in [4.78, 5) is 11.2. The highest BCUT2D eigenvalue weighted by Crippen LogP contribution is 2.42. The Kier molecular flexibility index (Phi) is 1.81. The van der Waals surface area contributed by atoms with Gasteiger partial charge in [-0.25, -0.2) is 4.68 Å². The Morgan fingerprint density at radius 2 is 2.36 bits per heavy atom. The summed E-state index contributed by atoms with van der Waals surface area (Å²) in [6.07, 6.45) is 3.18. The largest absolute Gasteiger partial charge is 0.368 e. The van der Waals surface area contributed by atoms with Crippen LogP contribution in [-0.4, -0.2) is 20.9 Å². The third kappa shape index (κ3) is 1.19. The number of aromatic nitrogens is 3. The molecule has 6 heteroatoms. The zero-order valence-electron chi connectivity index (χ0n) is 7.97. The standard InChI is InChI=1S/C8H13N5O/c1-5(9)6-4-13(12-11-6)8(2-3-8)7(10)14/h4-5H,2-3,9H2,1H3,(H2,10,14)/t5-/m0/s1. The maximum atomic E-state index is 11.2. The average molecular weight is 195 g/mol. The van der Waals surface area contributed by atoms with Crippen LogP contribution in [-0.2, 0) is 10.3 Å². The van der Waals surface area contributed by atoms with E-state index in [0.717, 1.165) is 12.8 Å². The summed E-state index contributed by atoms with van der Waals surface area (Å²) in [7, 11) is 0. The molecule has 1 aromatic heterocycles. The van der Waals surface area contributed by atoms with E-state index in [4.69, 9.17) is 11.5 Å². The Bertz CT molecular complexity index is 366. The van der Waals surface area contributed by atoms with Crippen LogP contribution in [0, 0.1) is 0 Å². The molecule has 0 aromatic carbocycles. The molecule has 76 valence electrons. The van der Waals surface area contributed by atoms with Crippen LogP contribution in [0.5, 0.6) is 0 Å². The fourth-order valence-electron chi connectivity index (χ4n) is 1.40. The highest BCUT2D eigenvalue weighted by molar-refractivity contribution is 5.85. The third-order valence-corrected chi connectivity index (χ3v) is 2.60. The van der Waals surface area contributed by atoms with Crippen molar-refractivity contribution in [3.63, 3.8) is 0 Å². The molecule has 1 aromatic rings. The normalized spacial score (nSPS) is 20.4. The maximum Gasteiger partial charge on any atom is 0.245 e. The van der Waals surface area contributed by atoms with Gasteiger partial charge < -0.3 is 11.5 Å². The van der Waals surface area contributed by atoms with Crippen LogP contribution in [0.3, 0.4) is 0 Å². The molecule has 6 nitrogen and oxygen atoms in total. The quantitative estimate of drug-likeness (QED) is 0.664. The van der Waals surface area contributed by atoms with E-state index in [1.54, 1.807) is 6.20 Å². The van der Waals surface area contributed by atoms with E-state index in [-0.39, 0.29) is 11.9 Å². The van der Waals surface area contributed by atoms with Gasteiger partial charge in [-0.15, -0.1) is 5.10 Å². The first kappa shape index (κ1) is 9.14. The second kappa shape index (κ2) is 2.78. The highest BCUT2D eigenvalue weighted by Gasteiger charge is 2.51. The van der Waals surface area contributed by atoms with Crippen LogP contribution in [0.2, 0.25) is 0 Å². The van der Waals surface area contributed by atoms with Crippen molar-refractivity contribution in [3.05, 3.63) is 11.9 Å². The lowest BCUT2D eigenvalue weighted by atomic mass is 10.2. The lowest BCUT2D eigenvalue weighted by Crippen LogP contribution is -2.34. The first-order valence-electron chi connectivity index (χ1n) is 4.54. The number of rotatable bonds is 3. The molecule has 4 N–H and O–H groups in total. The molecule has 0 saturated heterocycles. The molecule has 1 saturated carbocycles. The summed E-state index contributed by atoms with van der Waals surface area (Å²) in [6.45, 7) is 1.82. The third-order valence-electron chi connectivity index (χ3n) is 2.60. The molecule has 1 amide bonds. The Labute approximate surface area is 81.3 Å². The first-order valence-corrected chi connectivity index (χ1v) is 4.54. The molecular formula is C8H13N5O. The molecule has 1 atom stereocenters. The molecule has 0 radical (unpaired) electrons. The number of hydrogen-bond acceptors (Lipinski definition) is 4. The van der Waals surface area contributed by atoms with E-state index in [9.17, 15) is 4.79 Å². The van der Waals surface area contributed by atoms with Crippen LogP contribution < -0.4 is 11.5 Å². The van der Waals surface area contributed by atoms with E-state index >= 15 is 0 Å². The van der Waals surface area contributed by atoms with Gasteiger partial charge in [0.1, 0.15) is 5.54 Å². The first-order chi connectivity index (χ1) is 6.56. The van der Waals surface area contributed by atoms with Crippen molar-refractivity contribution in [3.8, 4) is 0 Å². The van der Waals surface area contributed by atoms with Gasteiger partial charge in [-0.2, -0.15) is 0 Å². The summed E-state index contributed by atoms with van der Waals surface area (Å²) in [5, 5.41) is 7.76. The molecule has 1 fully saturated rings. The van der Waals surface area contributed by atoms with Gasteiger partial charge in [-0.1, -0.05) is 5.21 Å². The van der Waals surface area contributed by atoms with Crippen LogP contribution in [0.15, 0.2) is 6.20 Å². The highest BCUT2D eigenvalue weighted by atomic mass is 16.2. The second-order valence-corrected chi connectivity index (χ2v) is 3.77. The van der Waals surface area contributed by atoms with Gasteiger partial charge >= 0.3 is 0 Å². The van der Waals surface area contributed by atoms with Crippen LogP contribution in [0.1, 0.15) is 31.5 Å². The van der Waals surface area contributed by atoms with Crippen molar-refractivity contribution in [1.29, 1.82) is 0 Å². The van der Waals surface area contributed by atoms with Crippen LogP contribution in [0.4, 0.5) is 0 Å². The van der Waals surface area contributed by atoms with E-state index in [0.29, 0.717) is 5.69 Å². The summed E-state index contributed by atoms with van der Waals surface area (Å²) in [5.74, 6) is -0.348. The van der Waals surface area contributed by atoms with Gasteiger partial charge in [-0.3, -0.25) is 4.79 Å². The smallest absolute Gasteiger partial charge is 0.245 e. The average Bonchev–Trinajstić information content (AvgIpc) is 2.77. The van der Waals surface area contributed by atoms with Gasteiger partial charge in [0.05, 0.1) is 11.9 Å². The number of amides is 1. The predicted molar refractivity (Wildman–Crippen MR) is 49.0 cm³/mol. The fraction of sp³-hybridized carbons (Fsp3) is 0.625. The Morgan fingerprint density at radius 1 is 1.71 bits per heavy atom. The molecule has 1 heterocycles. The van der Waals surface area contributed by atoms with Crippen molar-refractivity contribution in [2.75, 3.05) is 0 Å². The lowest BCUT2D eigenvalue weighted by Gasteiger charge is -2.09. The number of nitrogens with two attached hydrogens (primary N) is 2. The van der Waals surface area contributed by atoms with Gasteiger partial charge in [0.15, 0.2) is 0 Å². The zero-order valence-corrected chi connectivity index (χ0v) is 7.97. The van der Waals surface area contributed by atoms with E-state index in [2.05, 4.69) is 10.3 Å². The van der Waals surface area contributed by atoms with Crippen molar-refractivity contribution in [2.45, 2.75) is 31.3 Å². The van der Waals surface area contributed by atoms with Crippen molar-refractivity contribution < 1.29 is 4.79 Å². The molecule has 1 aliphatic carbocycles. The monoisotopic (exact) mass is 195 g/mol. The van der Waals surface area contributed by atoms with Crippen molar-refractivity contribution >= 4 is 5.91 Å². The fourth-order valence-corrected chi connectivity index (χ4v) is 1.40. The number of carbonyl (C=O) groups excluding carboxylic acids is 1. The summed E-state index contributed by atoms with van der Waals surface area (Å²) < 4.78 is 1.54. The molecule has 0 aliphatic heterocycles.